The molecule has 1 saturated heterocycles. The highest BCUT2D eigenvalue weighted by atomic mass is 16.5. The summed E-state index contributed by atoms with van der Waals surface area (Å²) in [5, 5.41) is 31.4. The van der Waals surface area contributed by atoms with Gasteiger partial charge in [0.1, 0.15) is 57.7 Å². The fourth-order valence-corrected chi connectivity index (χ4v) is 5.17. The molecule has 0 amide bonds. The molecule has 1 aliphatic heterocycles. The van der Waals surface area contributed by atoms with Crippen molar-refractivity contribution in [3.8, 4) is 5.75 Å². The summed E-state index contributed by atoms with van der Waals surface area (Å²) >= 11 is 0. The van der Waals surface area contributed by atoms with Crippen LogP contribution in [0.15, 0.2) is 72.8 Å². The van der Waals surface area contributed by atoms with E-state index < -0.39 is 11.9 Å². The van der Waals surface area contributed by atoms with Gasteiger partial charge in [0, 0.05) is 21.8 Å². The highest BCUT2D eigenvalue weighted by Crippen LogP contribution is 2.28. The number of hydrogen-bond acceptors (Lipinski definition) is 6. The zero-order chi connectivity index (χ0) is 27.8. The number of benzene rings is 3. The van der Waals surface area contributed by atoms with Gasteiger partial charge in [0.15, 0.2) is 0 Å². The molecule has 0 saturated carbocycles. The summed E-state index contributed by atoms with van der Waals surface area (Å²) in [5.41, 5.74) is 3.67. The minimum absolute atomic E-state index is 0.356. The summed E-state index contributed by atoms with van der Waals surface area (Å²) in [5.74, 6) is -3.41. The van der Waals surface area contributed by atoms with Gasteiger partial charge in [-0.05, 0) is 31.2 Å². The fourth-order valence-electron chi connectivity index (χ4n) is 5.17. The number of nitrogens with zero attached hydrogens (tertiary/aromatic N) is 1. The van der Waals surface area contributed by atoms with Crippen LogP contribution in [0.3, 0.4) is 0 Å². The molecule has 3 N–H and O–H groups in total. The molecular formula is C30H35N3O6. The molecule has 1 aliphatic rings. The number of carboxylic acid groups (broad SMARTS) is 2. The van der Waals surface area contributed by atoms with Gasteiger partial charge >= 0.3 is 0 Å². The van der Waals surface area contributed by atoms with Gasteiger partial charge in [0.05, 0.1) is 18.5 Å². The Balaban J connectivity index is 0.000000531. The third-order valence-corrected chi connectivity index (χ3v) is 7.17. The van der Waals surface area contributed by atoms with Crippen LogP contribution in [0.25, 0.3) is 21.8 Å². The van der Waals surface area contributed by atoms with Crippen molar-refractivity contribution in [2.45, 2.75) is 19.6 Å². The van der Waals surface area contributed by atoms with E-state index in [9.17, 15) is 5.11 Å². The maximum absolute atomic E-state index is 11.0. The predicted octanol–water partition coefficient (Wildman–Crippen LogP) is -2.19. The Hall–Kier alpha value is -3.92. The van der Waals surface area contributed by atoms with Gasteiger partial charge in [0.2, 0.25) is 0 Å². The van der Waals surface area contributed by atoms with Gasteiger partial charge in [-0.1, -0.05) is 54.1 Å². The SMILES string of the molecule is Cc1ccc(OCC[NH+]2CC[NH+](CC(O)Cn3c4ccccc4c4ccccc43)CC2)cc1.O=C([O-])C(=O)[O-]. The zero-order valence-corrected chi connectivity index (χ0v) is 22.1. The molecule has 0 radical (unpaired) electrons. The van der Waals surface area contributed by atoms with E-state index in [0.717, 1.165) is 51.6 Å². The molecular weight excluding hydrogens is 498 g/mol. The van der Waals surface area contributed by atoms with E-state index in [1.807, 2.05) is 12.1 Å². The Labute approximate surface area is 227 Å². The number of aliphatic hydroxyl groups is 1. The summed E-state index contributed by atoms with van der Waals surface area (Å²) in [6.45, 7) is 9.79. The Morgan fingerprint density at radius 3 is 1.90 bits per heavy atom. The number of quaternary nitrogens is 2. The van der Waals surface area contributed by atoms with Crippen LogP contribution in [0.4, 0.5) is 0 Å². The molecule has 206 valence electrons. The molecule has 1 unspecified atom stereocenters. The molecule has 5 rings (SSSR count). The first-order valence-electron chi connectivity index (χ1n) is 13.2. The molecule has 9 nitrogen and oxygen atoms in total. The lowest BCUT2D eigenvalue weighted by atomic mass is 10.2. The molecule has 0 bridgehead atoms. The number of ether oxygens (including phenoxy) is 1. The van der Waals surface area contributed by atoms with Crippen molar-refractivity contribution in [1.82, 2.24) is 4.57 Å². The van der Waals surface area contributed by atoms with Crippen LogP contribution in [0, 0.1) is 6.92 Å². The van der Waals surface area contributed by atoms with E-state index in [4.69, 9.17) is 24.5 Å². The molecule has 4 aromatic rings. The van der Waals surface area contributed by atoms with Crippen LogP contribution in [0.1, 0.15) is 5.56 Å². The Morgan fingerprint density at radius 1 is 0.846 bits per heavy atom. The number of para-hydroxylation sites is 2. The molecule has 3 aromatic carbocycles. The summed E-state index contributed by atoms with van der Waals surface area (Å²) in [6, 6.07) is 25.3. The first-order chi connectivity index (χ1) is 18.8. The third-order valence-electron chi connectivity index (χ3n) is 7.17. The number of carbonyl (C=O) groups is 2. The number of aromatic nitrogens is 1. The number of aryl methyl sites for hydroxylation is 1. The number of rotatable bonds is 8. The number of aliphatic carboxylic acids is 2. The number of aliphatic hydroxyl groups excluding tert-OH is 1. The number of nitrogens with one attached hydrogen (secondary N) is 2. The van der Waals surface area contributed by atoms with Crippen molar-refractivity contribution in [3.05, 3.63) is 78.4 Å². The second-order valence-electron chi connectivity index (χ2n) is 9.99. The Kier molecular flexibility index (Phi) is 9.54. The average molecular weight is 534 g/mol. The number of hydrogen-bond donors (Lipinski definition) is 3. The van der Waals surface area contributed by atoms with E-state index in [2.05, 4.69) is 72.2 Å². The van der Waals surface area contributed by atoms with Gasteiger partial charge in [-0.15, -0.1) is 0 Å². The molecule has 1 fully saturated rings. The number of fused-ring (bicyclic) bond motifs is 3. The van der Waals surface area contributed by atoms with Crippen molar-refractivity contribution in [2.24, 2.45) is 0 Å². The zero-order valence-electron chi connectivity index (χ0n) is 22.1. The van der Waals surface area contributed by atoms with Crippen LogP contribution < -0.4 is 24.7 Å². The summed E-state index contributed by atoms with van der Waals surface area (Å²) in [4.78, 5) is 21.0. The quantitative estimate of drug-likeness (QED) is 0.221. The lowest BCUT2D eigenvalue weighted by Crippen LogP contribution is -3.28. The predicted molar refractivity (Wildman–Crippen MR) is 143 cm³/mol. The molecule has 39 heavy (non-hydrogen) atoms. The Morgan fingerprint density at radius 2 is 1.36 bits per heavy atom. The summed E-state index contributed by atoms with van der Waals surface area (Å²) in [6.07, 6.45) is -0.356. The minimum atomic E-state index is -2.19. The monoisotopic (exact) mass is 533 g/mol. The first-order valence-corrected chi connectivity index (χ1v) is 13.2. The molecule has 0 spiro atoms. The minimum Gasteiger partial charge on any atom is -0.543 e. The second kappa shape index (κ2) is 13.2. The molecule has 0 aliphatic carbocycles. The van der Waals surface area contributed by atoms with E-state index >= 15 is 0 Å². The highest BCUT2D eigenvalue weighted by Gasteiger charge is 2.25. The van der Waals surface area contributed by atoms with E-state index in [-0.39, 0.29) is 6.10 Å². The van der Waals surface area contributed by atoms with Crippen LogP contribution in [0.5, 0.6) is 5.75 Å². The van der Waals surface area contributed by atoms with Crippen molar-refractivity contribution >= 4 is 33.7 Å². The fraction of sp³-hybridized carbons (Fsp3) is 0.333. The van der Waals surface area contributed by atoms with Crippen molar-refractivity contribution in [3.63, 3.8) is 0 Å². The van der Waals surface area contributed by atoms with Crippen LogP contribution in [0.2, 0.25) is 0 Å². The molecule has 1 atom stereocenters. The van der Waals surface area contributed by atoms with Gasteiger partial charge < -0.3 is 44.0 Å². The lowest BCUT2D eigenvalue weighted by Gasteiger charge is -2.31. The van der Waals surface area contributed by atoms with Gasteiger partial charge in [0.25, 0.3) is 0 Å². The maximum Gasteiger partial charge on any atom is 0.137 e. The van der Waals surface area contributed by atoms with Crippen molar-refractivity contribution < 1.29 is 39.4 Å². The molecule has 2 heterocycles. The van der Waals surface area contributed by atoms with Crippen LogP contribution >= 0.6 is 0 Å². The van der Waals surface area contributed by atoms with Gasteiger partial charge in [-0.25, -0.2) is 0 Å². The van der Waals surface area contributed by atoms with Gasteiger partial charge in [-0.3, -0.25) is 0 Å². The van der Waals surface area contributed by atoms with Gasteiger partial charge in [-0.2, -0.15) is 0 Å². The average Bonchev–Trinajstić information content (AvgIpc) is 3.24. The number of piperazine rings is 1. The topological polar surface area (TPSA) is 124 Å². The van der Waals surface area contributed by atoms with Crippen LogP contribution in [-0.2, 0) is 16.1 Å². The normalized spacial score (nSPS) is 17.8. The summed E-state index contributed by atoms with van der Waals surface area (Å²) < 4.78 is 8.20. The van der Waals surface area contributed by atoms with Crippen LogP contribution in [-0.4, -0.2) is 73.6 Å². The smallest absolute Gasteiger partial charge is 0.137 e. The third kappa shape index (κ3) is 7.57. The molecule has 9 heteroatoms. The Bertz CT molecular complexity index is 1330. The number of carboxylic acids is 2. The van der Waals surface area contributed by atoms with E-state index in [0.29, 0.717) is 6.54 Å². The van der Waals surface area contributed by atoms with Crippen molar-refractivity contribution in [1.29, 1.82) is 0 Å². The summed E-state index contributed by atoms with van der Waals surface area (Å²) in [7, 11) is 0. The maximum atomic E-state index is 11.0. The van der Waals surface area contributed by atoms with Crippen molar-refractivity contribution in [2.75, 3.05) is 45.9 Å². The second-order valence-corrected chi connectivity index (χ2v) is 9.99. The largest absolute Gasteiger partial charge is 0.543 e. The molecule has 1 aromatic heterocycles. The lowest BCUT2D eigenvalue weighted by molar-refractivity contribution is -1.01. The first kappa shape index (κ1) is 28.1. The van der Waals surface area contributed by atoms with E-state index in [1.165, 1.54) is 32.3 Å². The standard InChI is InChI=1S/C28H33N3O2.C2H2O4/c1-22-10-12-24(13-11-22)33-19-18-29-14-16-30(17-15-29)20-23(32)21-31-27-8-4-2-6-25(27)26-7-3-5-9-28(26)31;3-1(4)2(5)6/h2-13,23,32H,14-21H2,1H3;(H,3,4)(H,5,6). The van der Waals surface area contributed by atoms with E-state index in [1.54, 1.807) is 4.90 Å². The number of carbonyl (C=O) groups excluding carboxylic acids is 2. The highest BCUT2D eigenvalue weighted by molar-refractivity contribution is 6.25.